The second kappa shape index (κ2) is 9.69. The quantitative estimate of drug-likeness (QED) is 0.664. The van der Waals surface area contributed by atoms with Crippen LogP contribution in [-0.2, 0) is 4.74 Å². The minimum absolute atomic E-state index is 0.163. The van der Waals surface area contributed by atoms with E-state index in [1.165, 1.54) is 7.11 Å². The van der Waals surface area contributed by atoms with Gasteiger partial charge in [-0.1, -0.05) is 26.0 Å². The normalized spacial score (nSPS) is 10.7. The summed E-state index contributed by atoms with van der Waals surface area (Å²) in [5.74, 6) is -0.715. The molecule has 0 aliphatic rings. The highest BCUT2D eigenvalue weighted by molar-refractivity contribution is 7.18. The van der Waals surface area contributed by atoms with Crippen LogP contribution in [0.3, 0.4) is 0 Å². The Hall–Kier alpha value is -2.67. The maximum atomic E-state index is 12.8. The third-order valence-electron chi connectivity index (χ3n) is 4.85. The highest BCUT2D eigenvalue weighted by Crippen LogP contribution is 2.35. The van der Waals surface area contributed by atoms with Crippen LogP contribution in [0.4, 0.5) is 5.00 Å². The fourth-order valence-electron chi connectivity index (χ4n) is 3.00. The molecule has 2 aromatic rings. The number of thiophene rings is 1. The van der Waals surface area contributed by atoms with Crippen molar-refractivity contribution in [3.8, 4) is 0 Å². The molecule has 0 fully saturated rings. The van der Waals surface area contributed by atoms with Crippen molar-refractivity contribution in [1.29, 1.82) is 0 Å². The van der Waals surface area contributed by atoms with Gasteiger partial charge in [-0.25, -0.2) is 4.79 Å². The molecule has 0 aliphatic heterocycles. The number of nitrogens with one attached hydrogen (secondary N) is 1. The number of nitrogens with zero attached hydrogens (tertiary/aromatic N) is 1. The van der Waals surface area contributed by atoms with Crippen LogP contribution in [-0.4, -0.2) is 42.9 Å². The number of hydrogen-bond donors (Lipinski definition) is 1. The van der Waals surface area contributed by atoms with Crippen molar-refractivity contribution in [3.05, 3.63) is 51.4 Å². The Morgan fingerprint density at radius 1 is 1.10 bits per heavy atom. The minimum atomic E-state index is -0.581. The summed E-state index contributed by atoms with van der Waals surface area (Å²) in [4.78, 5) is 40.0. The van der Waals surface area contributed by atoms with Gasteiger partial charge < -0.3 is 15.0 Å². The molecular weight excluding hydrogens is 388 g/mol. The summed E-state index contributed by atoms with van der Waals surface area (Å²) < 4.78 is 4.88. The predicted molar refractivity (Wildman–Crippen MR) is 116 cm³/mol. The topological polar surface area (TPSA) is 75.7 Å². The number of methoxy groups -OCH3 is 1. The lowest BCUT2D eigenvalue weighted by atomic mass is 10.0. The Balaban J connectivity index is 2.40. The van der Waals surface area contributed by atoms with Crippen LogP contribution in [0.2, 0.25) is 0 Å². The lowest BCUT2D eigenvalue weighted by molar-refractivity contribution is 0.0601. The van der Waals surface area contributed by atoms with E-state index >= 15 is 0 Å². The molecule has 1 heterocycles. The number of benzene rings is 1. The average Bonchev–Trinajstić information content (AvgIpc) is 3.03. The monoisotopic (exact) mass is 416 g/mol. The third-order valence-corrected chi connectivity index (χ3v) is 6.04. The van der Waals surface area contributed by atoms with Gasteiger partial charge >= 0.3 is 5.97 Å². The first kappa shape index (κ1) is 22.6. The Labute approximate surface area is 175 Å². The molecule has 156 valence electrons. The van der Waals surface area contributed by atoms with E-state index in [4.69, 9.17) is 4.74 Å². The predicted octanol–water partition coefficient (Wildman–Crippen LogP) is 4.70. The van der Waals surface area contributed by atoms with Crippen LogP contribution in [0.25, 0.3) is 0 Å². The molecule has 0 atom stereocenters. The maximum absolute atomic E-state index is 12.8. The first-order valence-corrected chi connectivity index (χ1v) is 10.5. The Morgan fingerprint density at radius 3 is 2.17 bits per heavy atom. The van der Waals surface area contributed by atoms with E-state index < -0.39 is 5.97 Å². The van der Waals surface area contributed by atoms with Gasteiger partial charge in [-0.15, -0.1) is 11.3 Å². The van der Waals surface area contributed by atoms with Crippen molar-refractivity contribution in [2.24, 2.45) is 0 Å². The van der Waals surface area contributed by atoms with Gasteiger partial charge in [0, 0.05) is 18.7 Å². The zero-order chi connectivity index (χ0) is 21.7. The van der Waals surface area contributed by atoms with Gasteiger partial charge in [-0.3, -0.25) is 9.59 Å². The van der Waals surface area contributed by atoms with E-state index in [-0.39, 0.29) is 17.4 Å². The molecule has 0 radical (unpaired) electrons. The molecule has 1 aromatic heterocycles. The standard InChI is InChI=1S/C22H28N2O4S/c1-7-24(8-2)21(26)18-14(5)17(22(27)28-6)20(29-18)23-19(25)16-11-9-15(10-12-16)13(3)4/h9-13H,7-8H2,1-6H3,(H,23,25). The molecule has 6 nitrogen and oxygen atoms in total. The number of anilines is 1. The average molecular weight is 417 g/mol. The number of esters is 1. The smallest absolute Gasteiger partial charge is 0.341 e. The lowest BCUT2D eigenvalue weighted by Gasteiger charge is -2.17. The first-order chi connectivity index (χ1) is 13.7. The molecule has 7 heteroatoms. The summed E-state index contributed by atoms with van der Waals surface area (Å²) in [5.41, 5.74) is 2.35. The largest absolute Gasteiger partial charge is 0.465 e. The zero-order valence-corrected chi connectivity index (χ0v) is 18.6. The Morgan fingerprint density at radius 2 is 1.69 bits per heavy atom. The molecule has 1 aromatic carbocycles. The van der Waals surface area contributed by atoms with Crippen LogP contribution < -0.4 is 5.32 Å². The van der Waals surface area contributed by atoms with Crippen molar-refractivity contribution in [2.45, 2.75) is 40.5 Å². The molecule has 2 amide bonds. The Bertz CT molecular complexity index is 896. The fraction of sp³-hybridized carbons (Fsp3) is 0.409. The van der Waals surface area contributed by atoms with Gasteiger partial charge in [-0.05, 0) is 49.9 Å². The summed E-state index contributed by atoms with van der Waals surface area (Å²) in [6, 6.07) is 7.33. The van der Waals surface area contributed by atoms with Crippen LogP contribution in [0, 0.1) is 6.92 Å². The van der Waals surface area contributed by atoms with E-state index in [0.717, 1.165) is 16.9 Å². The number of carbonyl (C=O) groups excluding carboxylic acids is 3. The van der Waals surface area contributed by atoms with Gasteiger partial charge in [0.15, 0.2) is 0 Å². The number of amides is 2. The zero-order valence-electron chi connectivity index (χ0n) is 17.8. The van der Waals surface area contributed by atoms with Crippen LogP contribution in [0.5, 0.6) is 0 Å². The molecule has 0 bridgehead atoms. The van der Waals surface area contributed by atoms with Crippen molar-refractivity contribution < 1.29 is 19.1 Å². The molecule has 0 spiro atoms. The second-order valence-electron chi connectivity index (χ2n) is 6.96. The number of ether oxygens (including phenoxy) is 1. The van der Waals surface area contributed by atoms with Crippen LogP contribution >= 0.6 is 11.3 Å². The molecule has 0 saturated heterocycles. The highest BCUT2D eigenvalue weighted by atomic mass is 32.1. The molecule has 0 aliphatic carbocycles. The van der Waals surface area contributed by atoms with Gasteiger partial charge in [0.2, 0.25) is 0 Å². The van der Waals surface area contributed by atoms with Crippen molar-refractivity contribution in [2.75, 3.05) is 25.5 Å². The summed E-state index contributed by atoms with van der Waals surface area (Å²) in [5, 5.41) is 3.11. The van der Waals surface area contributed by atoms with E-state index in [9.17, 15) is 14.4 Å². The molecule has 2 rings (SSSR count). The van der Waals surface area contributed by atoms with E-state index in [2.05, 4.69) is 19.2 Å². The number of rotatable bonds is 7. The summed E-state index contributed by atoms with van der Waals surface area (Å²) in [6.45, 7) is 10.8. The van der Waals surface area contributed by atoms with E-state index in [1.54, 1.807) is 24.0 Å². The molecule has 29 heavy (non-hydrogen) atoms. The molecule has 0 saturated carbocycles. The van der Waals surface area contributed by atoms with E-state index in [0.29, 0.717) is 40.0 Å². The lowest BCUT2D eigenvalue weighted by Crippen LogP contribution is -2.30. The van der Waals surface area contributed by atoms with Crippen molar-refractivity contribution in [1.82, 2.24) is 4.90 Å². The molecule has 1 N–H and O–H groups in total. The van der Waals surface area contributed by atoms with Crippen LogP contribution in [0.1, 0.15) is 75.1 Å². The highest BCUT2D eigenvalue weighted by Gasteiger charge is 2.28. The summed E-state index contributed by atoms with van der Waals surface area (Å²) >= 11 is 1.10. The molecule has 0 unspecified atom stereocenters. The van der Waals surface area contributed by atoms with E-state index in [1.807, 2.05) is 26.0 Å². The summed E-state index contributed by atoms with van der Waals surface area (Å²) in [6.07, 6.45) is 0. The molecular formula is C22H28N2O4S. The SMILES string of the molecule is CCN(CC)C(=O)c1sc(NC(=O)c2ccc(C(C)C)cc2)c(C(=O)OC)c1C. The maximum Gasteiger partial charge on any atom is 0.341 e. The third kappa shape index (κ3) is 4.85. The number of carbonyl (C=O) groups is 3. The van der Waals surface area contributed by atoms with Gasteiger partial charge in [0.1, 0.15) is 5.00 Å². The summed E-state index contributed by atoms with van der Waals surface area (Å²) in [7, 11) is 1.28. The minimum Gasteiger partial charge on any atom is -0.465 e. The second-order valence-corrected chi connectivity index (χ2v) is 7.98. The van der Waals surface area contributed by atoms with Crippen molar-refractivity contribution >= 4 is 34.1 Å². The van der Waals surface area contributed by atoms with Crippen molar-refractivity contribution in [3.63, 3.8) is 0 Å². The fourth-order valence-corrected chi connectivity index (χ4v) is 4.16. The first-order valence-electron chi connectivity index (χ1n) is 9.67. The van der Waals surface area contributed by atoms with Gasteiger partial charge in [0.25, 0.3) is 11.8 Å². The Kier molecular flexibility index (Phi) is 7.56. The van der Waals surface area contributed by atoms with Gasteiger partial charge in [0.05, 0.1) is 17.6 Å². The number of hydrogen-bond acceptors (Lipinski definition) is 5. The van der Waals surface area contributed by atoms with Gasteiger partial charge in [-0.2, -0.15) is 0 Å². The van der Waals surface area contributed by atoms with Crippen LogP contribution in [0.15, 0.2) is 24.3 Å².